The van der Waals surface area contributed by atoms with E-state index in [1.807, 2.05) is 25.3 Å². The number of anilines is 1. The molecular formula is C15H17ClN4O. The predicted octanol–water partition coefficient (Wildman–Crippen LogP) is 2.46. The van der Waals surface area contributed by atoms with Gasteiger partial charge in [0.1, 0.15) is 0 Å². The first kappa shape index (κ1) is 14.1. The first-order valence-corrected chi connectivity index (χ1v) is 7.28. The molecule has 2 N–H and O–H groups in total. The summed E-state index contributed by atoms with van der Waals surface area (Å²) < 4.78 is 1.71. The molecule has 1 saturated heterocycles. The molecular weight excluding hydrogens is 288 g/mol. The van der Waals surface area contributed by atoms with Gasteiger partial charge in [-0.1, -0.05) is 11.6 Å². The van der Waals surface area contributed by atoms with Crippen LogP contribution in [0.25, 0.3) is 5.69 Å². The van der Waals surface area contributed by atoms with E-state index >= 15 is 0 Å². The number of rotatable bonds is 3. The second-order valence-electron chi connectivity index (χ2n) is 5.55. The number of carbonyl (C=O) groups excluding carboxylic acids is 1. The summed E-state index contributed by atoms with van der Waals surface area (Å²) in [5.74, 6) is 0.00294. The number of nitrogens with zero attached hydrogens (tertiary/aromatic N) is 2. The third-order valence-corrected chi connectivity index (χ3v) is 4.11. The fraction of sp³-hybridized carbons (Fsp3) is 0.333. The van der Waals surface area contributed by atoms with Crippen molar-refractivity contribution in [1.29, 1.82) is 0 Å². The van der Waals surface area contributed by atoms with E-state index in [4.69, 9.17) is 11.6 Å². The molecule has 21 heavy (non-hydrogen) atoms. The minimum absolute atomic E-state index is 0.00294. The van der Waals surface area contributed by atoms with Crippen molar-refractivity contribution in [3.63, 3.8) is 0 Å². The van der Waals surface area contributed by atoms with Crippen molar-refractivity contribution in [2.75, 3.05) is 18.4 Å². The third kappa shape index (κ3) is 2.80. The Hall–Kier alpha value is -1.85. The number of amides is 1. The van der Waals surface area contributed by atoms with Crippen LogP contribution >= 0.6 is 11.6 Å². The van der Waals surface area contributed by atoms with Gasteiger partial charge in [-0.2, -0.15) is 5.10 Å². The lowest BCUT2D eigenvalue weighted by molar-refractivity contribution is -0.123. The highest BCUT2D eigenvalue weighted by atomic mass is 35.5. The van der Waals surface area contributed by atoms with Gasteiger partial charge >= 0.3 is 0 Å². The molecule has 0 radical (unpaired) electrons. The van der Waals surface area contributed by atoms with E-state index in [2.05, 4.69) is 15.7 Å². The van der Waals surface area contributed by atoms with Gasteiger partial charge in [-0.3, -0.25) is 4.79 Å². The van der Waals surface area contributed by atoms with Crippen LogP contribution in [0.1, 0.15) is 13.3 Å². The minimum atomic E-state index is -0.385. The maximum Gasteiger partial charge on any atom is 0.231 e. The van der Waals surface area contributed by atoms with E-state index in [1.54, 1.807) is 23.0 Å². The monoisotopic (exact) mass is 304 g/mol. The van der Waals surface area contributed by atoms with E-state index in [9.17, 15) is 4.79 Å². The average molecular weight is 305 g/mol. The first-order chi connectivity index (χ1) is 10.1. The van der Waals surface area contributed by atoms with E-state index in [0.717, 1.165) is 18.7 Å². The van der Waals surface area contributed by atoms with Gasteiger partial charge in [0.2, 0.25) is 5.91 Å². The van der Waals surface area contributed by atoms with Crippen LogP contribution in [0.4, 0.5) is 5.69 Å². The molecule has 1 aromatic heterocycles. The normalized spacial score (nSPS) is 21.4. The number of hydrogen-bond acceptors (Lipinski definition) is 3. The summed E-state index contributed by atoms with van der Waals surface area (Å²) in [5, 5.41) is 11.0. The van der Waals surface area contributed by atoms with E-state index in [1.165, 1.54) is 0 Å². The Bertz CT molecular complexity index is 648. The molecule has 2 heterocycles. The molecule has 110 valence electrons. The molecule has 1 unspecified atom stereocenters. The molecule has 1 fully saturated rings. The van der Waals surface area contributed by atoms with Crippen LogP contribution in [0.3, 0.4) is 0 Å². The van der Waals surface area contributed by atoms with Crippen molar-refractivity contribution in [3.8, 4) is 5.69 Å². The maximum absolute atomic E-state index is 12.5. The molecule has 1 amide bonds. The van der Waals surface area contributed by atoms with Gasteiger partial charge in [0.25, 0.3) is 0 Å². The van der Waals surface area contributed by atoms with Gasteiger partial charge < -0.3 is 10.6 Å². The molecule has 1 aliphatic rings. The van der Waals surface area contributed by atoms with Gasteiger partial charge in [-0.15, -0.1) is 0 Å². The summed E-state index contributed by atoms with van der Waals surface area (Å²) in [6.07, 6.45) is 4.36. The van der Waals surface area contributed by atoms with E-state index in [-0.39, 0.29) is 11.3 Å². The Kier molecular flexibility index (Phi) is 3.69. The smallest absolute Gasteiger partial charge is 0.231 e. The van der Waals surface area contributed by atoms with Crippen molar-refractivity contribution in [2.45, 2.75) is 13.3 Å². The highest BCUT2D eigenvalue weighted by molar-refractivity contribution is 6.31. The molecule has 1 aliphatic heterocycles. The molecule has 0 aliphatic carbocycles. The van der Waals surface area contributed by atoms with Crippen LogP contribution in [0.5, 0.6) is 0 Å². The molecule has 6 heteroatoms. The Morgan fingerprint density at radius 2 is 2.38 bits per heavy atom. The molecule has 0 spiro atoms. The van der Waals surface area contributed by atoms with Gasteiger partial charge in [0.05, 0.1) is 16.8 Å². The summed E-state index contributed by atoms with van der Waals surface area (Å²) in [7, 11) is 0. The number of halogens is 1. The van der Waals surface area contributed by atoms with Crippen LogP contribution in [-0.2, 0) is 4.79 Å². The Morgan fingerprint density at radius 3 is 3.05 bits per heavy atom. The highest BCUT2D eigenvalue weighted by Gasteiger charge is 2.36. The number of benzene rings is 1. The number of carbonyl (C=O) groups is 1. The summed E-state index contributed by atoms with van der Waals surface area (Å²) in [4.78, 5) is 12.5. The third-order valence-electron chi connectivity index (χ3n) is 3.87. The van der Waals surface area contributed by atoms with Crippen molar-refractivity contribution in [3.05, 3.63) is 41.7 Å². The average Bonchev–Trinajstić information content (AvgIpc) is 3.11. The van der Waals surface area contributed by atoms with Crippen LogP contribution < -0.4 is 10.6 Å². The van der Waals surface area contributed by atoms with Gasteiger partial charge in [0, 0.05) is 24.0 Å². The first-order valence-electron chi connectivity index (χ1n) is 6.90. The number of hydrogen-bond donors (Lipinski definition) is 2. The zero-order valence-electron chi connectivity index (χ0n) is 11.8. The summed E-state index contributed by atoms with van der Waals surface area (Å²) in [5.41, 5.74) is 1.08. The molecule has 0 saturated carbocycles. The van der Waals surface area contributed by atoms with Gasteiger partial charge in [0.15, 0.2) is 0 Å². The molecule has 0 bridgehead atoms. The van der Waals surface area contributed by atoms with E-state index in [0.29, 0.717) is 17.3 Å². The Balaban J connectivity index is 1.91. The lowest BCUT2D eigenvalue weighted by Crippen LogP contribution is -2.35. The predicted molar refractivity (Wildman–Crippen MR) is 82.8 cm³/mol. The zero-order chi connectivity index (χ0) is 14.9. The van der Waals surface area contributed by atoms with Crippen molar-refractivity contribution in [2.24, 2.45) is 5.41 Å². The molecule has 1 aromatic carbocycles. The van der Waals surface area contributed by atoms with Gasteiger partial charge in [-0.05, 0) is 44.2 Å². The summed E-state index contributed by atoms with van der Waals surface area (Å²) >= 11 is 6.06. The van der Waals surface area contributed by atoms with Crippen LogP contribution in [0.15, 0.2) is 36.7 Å². The number of aromatic nitrogens is 2. The van der Waals surface area contributed by atoms with Crippen molar-refractivity contribution < 1.29 is 4.79 Å². The SMILES string of the molecule is CC1(C(=O)Nc2cc(Cl)ccc2-n2cccn2)CCNC1. The summed E-state index contributed by atoms with van der Waals surface area (Å²) in [6.45, 7) is 3.53. The van der Waals surface area contributed by atoms with Crippen molar-refractivity contribution >= 4 is 23.2 Å². The molecule has 1 atom stereocenters. The van der Waals surface area contributed by atoms with Crippen molar-refractivity contribution in [1.82, 2.24) is 15.1 Å². The van der Waals surface area contributed by atoms with E-state index < -0.39 is 0 Å². The Morgan fingerprint density at radius 1 is 1.52 bits per heavy atom. The Labute approximate surface area is 128 Å². The lowest BCUT2D eigenvalue weighted by Gasteiger charge is -2.22. The van der Waals surface area contributed by atoms with Crippen LogP contribution in [0.2, 0.25) is 5.02 Å². The minimum Gasteiger partial charge on any atom is -0.324 e. The van der Waals surface area contributed by atoms with Crippen LogP contribution in [-0.4, -0.2) is 28.8 Å². The van der Waals surface area contributed by atoms with Gasteiger partial charge in [-0.25, -0.2) is 4.68 Å². The second kappa shape index (κ2) is 5.50. The lowest BCUT2D eigenvalue weighted by atomic mass is 9.88. The quantitative estimate of drug-likeness (QED) is 0.916. The topological polar surface area (TPSA) is 59.0 Å². The standard InChI is InChI=1S/C15H17ClN4O/c1-15(5-7-17-10-15)14(21)19-12-9-11(16)3-4-13(12)20-8-2-6-18-20/h2-4,6,8-9,17H,5,7,10H2,1H3,(H,19,21). The highest BCUT2D eigenvalue weighted by Crippen LogP contribution is 2.29. The molecule has 5 nitrogen and oxygen atoms in total. The summed E-state index contributed by atoms with van der Waals surface area (Å²) in [6, 6.07) is 7.22. The fourth-order valence-corrected chi connectivity index (χ4v) is 2.68. The molecule has 3 rings (SSSR count). The second-order valence-corrected chi connectivity index (χ2v) is 5.99. The number of nitrogens with one attached hydrogen (secondary N) is 2. The maximum atomic E-state index is 12.5. The fourth-order valence-electron chi connectivity index (χ4n) is 2.50. The largest absolute Gasteiger partial charge is 0.324 e. The molecule has 2 aromatic rings. The zero-order valence-corrected chi connectivity index (χ0v) is 12.5. The van der Waals surface area contributed by atoms with Crippen LogP contribution in [0, 0.1) is 5.41 Å².